The van der Waals surface area contributed by atoms with E-state index in [1.54, 1.807) is 39.8 Å². The number of benzene rings is 1. The fraction of sp³-hybridized carbons (Fsp3) is 0.500. The summed E-state index contributed by atoms with van der Waals surface area (Å²) in [4.78, 5) is 22.3. The number of sulfonamides is 1. The molecule has 0 atom stereocenters. The molecule has 0 aliphatic heterocycles. The predicted octanol–water partition coefficient (Wildman–Crippen LogP) is 2.06. The molecule has 1 aromatic rings. The lowest BCUT2D eigenvalue weighted by atomic mass is 10.1. The van der Waals surface area contributed by atoms with Gasteiger partial charge >= 0.3 is 12.0 Å². The first-order valence-corrected chi connectivity index (χ1v) is 9.30. The van der Waals surface area contributed by atoms with Crippen molar-refractivity contribution in [2.75, 3.05) is 11.9 Å². The Hall–Kier alpha value is -2.13. The monoisotopic (exact) mass is 371 g/mol. The van der Waals surface area contributed by atoms with Crippen LogP contribution in [0, 0.1) is 6.92 Å². The minimum atomic E-state index is -3.72. The summed E-state index contributed by atoms with van der Waals surface area (Å²) in [7, 11) is -3.72. The summed E-state index contributed by atoms with van der Waals surface area (Å²) in [5.41, 5.74) is 0.260. The highest BCUT2D eigenvalue weighted by Gasteiger charge is 2.24. The molecule has 0 fully saturated rings. The highest BCUT2D eigenvalue weighted by atomic mass is 32.2. The predicted molar refractivity (Wildman–Crippen MR) is 95.1 cm³/mol. The van der Waals surface area contributed by atoms with Crippen molar-refractivity contribution in [2.45, 2.75) is 51.0 Å². The molecule has 4 N–H and O–H groups in total. The van der Waals surface area contributed by atoms with Crippen LogP contribution >= 0.6 is 0 Å². The molecular formula is C16H25N3O5S. The first-order chi connectivity index (χ1) is 11.4. The number of carbonyl (C=O) groups excluding carboxylic acids is 1. The summed E-state index contributed by atoms with van der Waals surface area (Å²) >= 11 is 0. The molecule has 0 spiro atoms. The minimum Gasteiger partial charge on any atom is -0.481 e. The normalized spacial score (nSPS) is 11.8. The lowest BCUT2D eigenvalue weighted by Crippen LogP contribution is -2.40. The number of nitrogens with one attached hydrogen (secondary N) is 3. The van der Waals surface area contributed by atoms with E-state index in [1.807, 2.05) is 0 Å². The Kier molecular flexibility index (Phi) is 6.95. The number of carboxylic acids is 1. The van der Waals surface area contributed by atoms with Crippen LogP contribution in [0.5, 0.6) is 0 Å². The summed E-state index contributed by atoms with van der Waals surface area (Å²) in [5, 5.41) is 13.6. The van der Waals surface area contributed by atoms with Gasteiger partial charge in [0, 0.05) is 24.2 Å². The number of carboxylic acid groups (broad SMARTS) is 1. The molecule has 0 radical (unpaired) electrons. The first kappa shape index (κ1) is 20.9. The van der Waals surface area contributed by atoms with Crippen LogP contribution in [0.1, 0.15) is 39.2 Å². The van der Waals surface area contributed by atoms with E-state index in [9.17, 15) is 18.0 Å². The zero-order chi connectivity index (χ0) is 19.3. The molecule has 0 unspecified atom stereocenters. The van der Waals surface area contributed by atoms with Crippen molar-refractivity contribution in [3.63, 3.8) is 0 Å². The van der Waals surface area contributed by atoms with E-state index in [0.717, 1.165) is 0 Å². The standard InChI is InChI=1S/C16H25N3O5S/c1-11-7-8-12(18-15(22)17-9-5-6-14(20)21)10-13(11)25(23,24)19-16(2,3)4/h7-8,10,19H,5-6,9H2,1-4H3,(H,20,21)(H2,17,18,22). The molecule has 1 rings (SSSR count). The number of hydrogen-bond acceptors (Lipinski definition) is 4. The topological polar surface area (TPSA) is 125 Å². The van der Waals surface area contributed by atoms with E-state index in [-0.39, 0.29) is 17.9 Å². The average molecular weight is 371 g/mol. The smallest absolute Gasteiger partial charge is 0.319 e. The van der Waals surface area contributed by atoms with Gasteiger partial charge in [0.05, 0.1) is 4.90 Å². The van der Waals surface area contributed by atoms with Gasteiger partial charge in [-0.2, -0.15) is 0 Å². The number of hydrogen-bond donors (Lipinski definition) is 4. The number of aryl methyl sites for hydroxylation is 1. The Morgan fingerprint density at radius 1 is 1.20 bits per heavy atom. The molecule has 0 aliphatic rings. The molecule has 9 heteroatoms. The van der Waals surface area contributed by atoms with Crippen LogP contribution in [0.15, 0.2) is 23.1 Å². The van der Waals surface area contributed by atoms with Gasteiger partial charge in [0.25, 0.3) is 0 Å². The van der Waals surface area contributed by atoms with Crippen molar-refractivity contribution < 1.29 is 23.1 Å². The van der Waals surface area contributed by atoms with Gasteiger partial charge in [0.2, 0.25) is 10.0 Å². The summed E-state index contributed by atoms with van der Waals surface area (Å²) in [6.45, 7) is 7.11. The average Bonchev–Trinajstić information content (AvgIpc) is 2.43. The van der Waals surface area contributed by atoms with E-state index in [2.05, 4.69) is 15.4 Å². The maximum absolute atomic E-state index is 12.5. The summed E-state index contributed by atoms with van der Waals surface area (Å²) in [6.07, 6.45) is 0.275. The Balaban J connectivity index is 2.81. The van der Waals surface area contributed by atoms with Crippen LogP contribution in [0.4, 0.5) is 10.5 Å². The van der Waals surface area contributed by atoms with Crippen LogP contribution in [0.3, 0.4) is 0 Å². The molecule has 0 bridgehead atoms. The second-order valence-electron chi connectivity index (χ2n) is 6.71. The van der Waals surface area contributed by atoms with Crippen LogP contribution in [0.2, 0.25) is 0 Å². The lowest BCUT2D eigenvalue weighted by molar-refractivity contribution is -0.137. The Labute approximate surface area is 148 Å². The zero-order valence-corrected chi connectivity index (χ0v) is 15.7. The zero-order valence-electron chi connectivity index (χ0n) is 14.8. The second kappa shape index (κ2) is 8.30. The maximum Gasteiger partial charge on any atom is 0.319 e. The van der Waals surface area contributed by atoms with E-state index in [1.165, 1.54) is 6.07 Å². The Bertz CT molecular complexity index is 739. The van der Waals surface area contributed by atoms with Crippen LogP contribution in [-0.2, 0) is 14.8 Å². The molecule has 0 saturated heterocycles. The van der Waals surface area contributed by atoms with Gasteiger partial charge in [-0.05, 0) is 51.8 Å². The third kappa shape index (κ3) is 7.53. The molecule has 2 amide bonds. The number of rotatable bonds is 7. The summed E-state index contributed by atoms with van der Waals surface area (Å²) in [5.74, 6) is -0.929. The van der Waals surface area contributed by atoms with Crippen molar-refractivity contribution >= 4 is 27.7 Å². The van der Waals surface area contributed by atoms with Gasteiger partial charge in [-0.15, -0.1) is 0 Å². The first-order valence-electron chi connectivity index (χ1n) is 7.82. The molecule has 25 heavy (non-hydrogen) atoms. The van der Waals surface area contributed by atoms with E-state index in [0.29, 0.717) is 17.7 Å². The SMILES string of the molecule is Cc1ccc(NC(=O)NCCCC(=O)O)cc1S(=O)(=O)NC(C)(C)C. The number of amides is 2. The summed E-state index contributed by atoms with van der Waals surface area (Å²) in [6, 6.07) is 4.07. The minimum absolute atomic E-state index is 0.0360. The van der Waals surface area contributed by atoms with Crippen molar-refractivity contribution in [1.29, 1.82) is 0 Å². The van der Waals surface area contributed by atoms with Crippen molar-refractivity contribution in [3.05, 3.63) is 23.8 Å². The van der Waals surface area contributed by atoms with Gasteiger partial charge in [-0.3, -0.25) is 4.79 Å². The molecule has 0 aliphatic carbocycles. The number of carbonyl (C=O) groups is 2. The maximum atomic E-state index is 12.5. The lowest BCUT2D eigenvalue weighted by Gasteiger charge is -2.21. The van der Waals surface area contributed by atoms with Crippen molar-refractivity contribution in [2.24, 2.45) is 0 Å². The molecule has 0 aromatic heterocycles. The molecule has 1 aromatic carbocycles. The quantitative estimate of drug-likeness (QED) is 0.546. The fourth-order valence-electron chi connectivity index (χ4n) is 2.04. The second-order valence-corrected chi connectivity index (χ2v) is 8.36. The van der Waals surface area contributed by atoms with Crippen LogP contribution < -0.4 is 15.4 Å². The van der Waals surface area contributed by atoms with Gasteiger partial charge in [0.1, 0.15) is 0 Å². The van der Waals surface area contributed by atoms with Gasteiger partial charge in [0.15, 0.2) is 0 Å². The highest BCUT2D eigenvalue weighted by molar-refractivity contribution is 7.89. The summed E-state index contributed by atoms with van der Waals surface area (Å²) < 4.78 is 27.5. The fourth-order valence-corrected chi connectivity index (χ4v) is 3.73. The van der Waals surface area contributed by atoms with Gasteiger partial charge in [-0.25, -0.2) is 17.9 Å². The third-order valence-corrected chi connectivity index (χ3v) is 4.93. The number of anilines is 1. The van der Waals surface area contributed by atoms with Crippen molar-refractivity contribution in [1.82, 2.24) is 10.0 Å². The molecule has 140 valence electrons. The molecule has 8 nitrogen and oxygen atoms in total. The molecule has 0 saturated carbocycles. The van der Waals surface area contributed by atoms with Crippen LogP contribution in [-0.4, -0.2) is 37.6 Å². The third-order valence-electron chi connectivity index (χ3n) is 3.03. The molecular weight excluding hydrogens is 346 g/mol. The van der Waals surface area contributed by atoms with E-state index >= 15 is 0 Å². The highest BCUT2D eigenvalue weighted by Crippen LogP contribution is 2.21. The largest absolute Gasteiger partial charge is 0.481 e. The Morgan fingerprint density at radius 3 is 2.40 bits per heavy atom. The van der Waals surface area contributed by atoms with Gasteiger partial charge in [-0.1, -0.05) is 6.07 Å². The molecule has 0 heterocycles. The number of urea groups is 1. The number of aliphatic carboxylic acids is 1. The van der Waals surface area contributed by atoms with E-state index in [4.69, 9.17) is 5.11 Å². The van der Waals surface area contributed by atoms with Gasteiger partial charge < -0.3 is 15.7 Å². The Morgan fingerprint density at radius 2 is 1.84 bits per heavy atom. The van der Waals surface area contributed by atoms with Crippen LogP contribution in [0.25, 0.3) is 0 Å². The van der Waals surface area contributed by atoms with E-state index < -0.39 is 27.6 Å². The van der Waals surface area contributed by atoms with Crippen molar-refractivity contribution in [3.8, 4) is 0 Å².